The molecule has 1 saturated heterocycles. The van der Waals surface area contributed by atoms with Gasteiger partial charge in [0.15, 0.2) is 5.82 Å². The molecule has 8 heteroatoms. The zero-order valence-electron chi connectivity index (χ0n) is 13.8. The van der Waals surface area contributed by atoms with Crippen LogP contribution in [0.1, 0.15) is 31.0 Å². The number of aromatic amines is 1. The maximum atomic E-state index is 12.2. The topological polar surface area (TPSA) is 82.7 Å². The number of nitrogens with zero attached hydrogens (tertiary/aromatic N) is 2. The number of aromatic nitrogens is 3. The molecule has 1 atom stereocenters. The summed E-state index contributed by atoms with van der Waals surface area (Å²) in [4.78, 5) is 16.8. The summed E-state index contributed by atoms with van der Waals surface area (Å²) < 4.78 is 0. The second-order valence-electron chi connectivity index (χ2n) is 6.38. The summed E-state index contributed by atoms with van der Waals surface area (Å²) in [7, 11) is 0. The largest absolute Gasteiger partial charge is 0.326 e. The molecule has 1 saturated carbocycles. The van der Waals surface area contributed by atoms with Gasteiger partial charge in [0.05, 0.1) is 0 Å². The Labute approximate surface area is 157 Å². The van der Waals surface area contributed by atoms with E-state index in [2.05, 4.69) is 25.8 Å². The fraction of sp³-hybridized carbons (Fsp3) is 0.471. The molecule has 1 aliphatic heterocycles. The third-order valence-corrected chi connectivity index (χ3v) is 5.43. The van der Waals surface area contributed by atoms with Gasteiger partial charge >= 0.3 is 0 Å². The van der Waals surface area contributed by atoms with Crippen LogP contribution in [0.15, 0.2) is 24.3 Å². The molecule has 0 bridgehead atoms. The van der Waals surface area contributed by atoms with Gasteiger partial charge in [0.1, 0.15) is 5.82 Å². The molecule has 134 valence electrons. The second-order valence-corrected chi connectivity index (χ2v) is 7.53. The van der Waals surface area contributed by atoms with Gasteiger partial charge in [-0.25, -0.2) is 4.98 Å². The van der Waals surface area contributed by atoms with Gasteiger partial charge in [0.25, 0.3) is 0 Å². The highest BCUT2D eigenvalue weighted by Gasteiger charge is 2.27. The summed E-state index contributed by atoms with van der Waals surface area (Å²) in [5, 5.41) is 13.7. The van der Waals surface area contributed by atoms with E-state index in [1.165, 1.54) is 12.8 Å². The van der Waals surface area contributed by atoms with Crippen LogP contribution in [0.3, 0.4) is 0 Å². The highest BCUT2D eigenvalue weighted by molar-refractivity contribution is 7.99. The number of thioether (sulfide) groups is 1. The zero-order chi connectivity index (χ0) is 16.4. The Kier molecular flexibility index (Phi) is 5.98. The molecule has 1 aliphatic carbocycles. The van der Waals surface area contributed by atoms with Crippen molar-refractivity contribution >= 4 is 35.8 Å². The first kappa shape index (κ1) is 18.2. The molecule has 2 fully saturated rings. The Balaban J connectivity index is 0.00000182. The third-order valence-electron chi connectivity index (χ3n) is 4.30. The van der Waals surface area contributed by atoms with Crippen LogP contribution in [-0.2, 0) is 4.79 Å². The number of amides is 1. The van der Waals surface area contributed by atoms with Gasteiger partial charge in [-0.3, -0.25) is 9.89 Å². The molecule has 4 rings (SSSR count). The number of benzene rings is 1. The van der Waals surface area contributed by atoms with Crippen molar-refractivity contribution in [2.45, 2.75) is 31.2 Å². The van der Waals surface area contributed by atoms with Crippen molar-refractivity contribution < 1.29 is 4.79 Å². The minimum absolute atomic E-state index is 0. The van der Waals surface area contributed by atoms with Crippen molar-refractivity contribution in [2.75, 3.05) is 23.4 Å². The summed E-state index contributed by atoms with van der Waals surface area (Å²) in [6.45, 7) is 0.978. The molecule has 3 N–H and O–H groups in total. The molecular weight excluding hydrogens is 358 g/mol. The normalized spacial score (nSPS) is 19.9. The van der Waals surface area contributed by atoms with Crippen LogP contribution < -0.4 is 10.6 Å². The lowest BCUT2D eigenvalue weighted by Gasteiger charge is -2.22. The van der Waals surface area contributed by atoms with Gasteiger partial charge in [-0.05, 0) is 25.0 Å². The first-order valence-corrected chi connectivity index (χ1v) is 9.57. The van der Waals surface area contributed by atoms with Crippen molar-refractivity contribution in [3.63, 3.8) is 0 Å². The fourth-order valence-electron chi connectivity index (χ4n) is 2.87. The van der Waals surface area contributed by atoms with E-state index in [0.29, 0.717) is 18.2 Å². The smallest absolute Gasteiger partial charge is 0.225 e. The van der Waals surface area contributed by atoms with E-state index in [4.69, 9.17) is 0 Å². The number of halogens is 1. The average molecular weight is 380 g/mol. The lowest BCUT2D eigenvalue weighted by atomic mass is 10.1. The number of anilines is 1. The van der Waals surface area contributed by atoms with E-state index in [9.17, 15) is 4.79 Å². The quantitative estimate of drug-likeness (QED) is 0.744. The van der Waals surface area contributed by atoms with Gasteiger partial charge < -0.3 is 10.6 Å². The Morgan fingerprint density at radius 3 is 3.00 bits per heavy atom. The molecular formula is C17H22ClN5OS. The number of hydrogen-bond acceptors (Lipinski definition) is 5. The number of hydrogen-bond donors (Lipinski definition) is 3. The van der Waals surface area contributed by atoms with E-state index in [1.807, 2.05) is 36.0 Å². The van der Waals surface area contributed by atoms with Crippen molar-refractivity contribution in [1.29, 1.82) is 0 Å². The Morgan fingerprint density at radius 2 is 2.24 bits per heavy atom. The first-order chi connectivity index (χ1) is 11.8. The molecule has 1 aromatic carbocycles. The van der Waals surface area contributed by atoms with E-state index in [-0.39, 0.29) is 24.4 Å². The number of H-pyrrole nitrogens is 1. The molecule has 6 nitrogen and oxygen atoms in total. The lowest BCUT2D eigenvalue weighted by Crippen LogP contribution is -2.39. The third kappa shape index (κ3) is 4.74. The fourth-order valence-corrected chi connectivity index (χ4v) is 3.81. The maximum absolute atomic E-state index is 12.2. The molecule has 2 heterocycles. The number of rotatable bonds is 5. The SMILES string of the molecule is Cl.O=C(CC1CSCCN1)Nc1cccc(-c2n[nH]c(C3CC3)n2)c1. The van der Waals surface area contributed by atoms with Gasteiger partial charge in [-0.15, -0.1) is 12.4 Å². The molecule has 2 aromatic rings. The van der Waals surface area contributed by atoms with Gasteiger partial charge in [0, 0.05) is 47.7 Å². The molecule has 1 amide bonds. The summed E-state index contributed by atoms with van der Waals surface area (Å²) in [5.41, 5.74) is 1.71. The molecule has 0 spiro atoms. The highest BCUT2D eigenvalue weighted by Crippen LogP contribution is 2.38. The van der Waals surface area contributed by atoms with Crippen LogP contribution in [0.4, 0.5) is 5.69 Å². The van der Waals surface area contributed by atoms with Crippen molar-refractivity contribution in [3.05, 3.63) is 30.1 Å². The maximum Gasteiger partial charge on any atom is 0.225 e. The highest BCUT2D eigenvalue weighted by atomic mass is 35.5. The lowest BCUT2D eigenvalue weighted by molar-refractivity contribution is -0.116. The molecule has 1 unspecified atom stereocenters. The summed E-state index contributed by atoms with van der Waals surface area (Å²) in [5.74, 6) is 4.38. The minimum Gasteiger partial charge on any atom is -0.326 e. The zero-order valence-corrected chi connectivity index (χ0v) is 15.5. The molecule has 1 aromatic heterocycles. The summed E-state index contributed by atoms with van der Waals surface area (Å²) in [6, 6.07) is 7.99. The van der Waals surface area contributed by atoms with E-state index in [1.54, 1.807) is 0 Å². The Morgan fingerprint density at radius 1 is 1.36 bits per heavy atom. The van der Waals surface area contributed by atoms with Gasteiger partial charge in [0.2, 0.25) is 5.91 Å². The minimum atomic E-state index is 0. The van der Waals surface area contributed by atoms with Crippen molar-refractivity contribution in [3.8, 4) is 11.4 Å². The van der Waals surface area contributed by atoms with Crippen LogP contribution in [-0.4, -0.2) is 45.2 Å². The molecule has 0 radical (unpaired) electrons. The van der Waals surface area contributed by atoms with Gasteiger partial charge in [-0.2, -0.15) is 16.9 Å². The van der Waals surface area contributed by atoms with Crippen LogP contribution in [0.5, 0.6) is 0 Å². The predicted molar refractivity (Wildman–Crippen MR) is 103 cm³/mol. The number of carbonyl (C=O) groups is 1. The predicted octanol–water partition coefficient (Wildman–Crippen LogP) is 2.80. The average Bonchev–Trinajstić information content (AvgIpc) is 3.33. The molecule has 2 aliphatic rings. The first-order valence-electron chi connectivity index (χ1n) is 8.41. The van der Waals surface area contributed by atoms with E-state index >= 15 is 0 Å². The van der Waals surface area contributed by atoms with Crippen LogP contribution in [0.25, 0.3) is 11.4 Å². The van der Waals surface area contributed by atoms with Crippen molar-refractivity contribution in [2.24, 2.45) is 0 Å². The number of nitrogens with one attached hydrogen (secondary N) is 3. The van der Waals surface area contributed by atoms with Crippen LogP contribution >= 0.6 is 24.2 Å². The van der Waals surface area contributed by atoms with Crippen LogP contribution in [0.2, 0.25) is 0 Å². The Bertz CT molecular complexity index is 727. The molecule has 25 heavy (non-hydrogen) atoms. The Hall–Kier alpha value is -1.57. The van der Waals surface area contributed by atoms with Crippen LogP contribution in [0, 0.1) is 0 Å². The van der Waals surface area contributed by atoms with Gasteiger partial charge in [-0.1, -0.05) is 12.1 Å². The van der Waals surface area contributed by atoms with Crippen molar-refractivity contribution in [1.82, 2.24) is 20.5 Å². The number of carbonyl (C=O) groups excluding carboxylic acids is 1. The monoisotopic (exact) mass is 379 g/mol. The van der Waals surface area contributed by atoms with E-state index in [0.717, 1.165) is 35.1 Å². The van der Waals surface area contributed by atoms with E-state index < -0.39 is 0 Å². The summed E-state index contributed by atoms with van der Waals surface area (Å²) >= 11 is 1.90. The second kappa shape index (κ2) is 8.21. The summed E-state index contributed by atoms with van der Waals surface area (Å²) in [6.07, 6.45) is 2.89. The standard InChI is InChI=1S/C17H21N5OS.ClH/c23-15(9-14-10-24-7-6-18-14)19-13-3-1-2-12(8-13)17-20-16(21-22-17)11-4-5-11;/h1-3,8,11,14,18H,4-7,9-10H2,(H,19,23)(H,20,21,22);1H.